The standard InChI is InChI=1S/C20H15N5O4/c1-23-19(27)17-13(11-5-4-6-12(9-11)25(28)29)10-16(26)22-18(17)24-15-8-3-2-7-14(15)21-20(23)24/h2-9,13H,10H2,1H3,(H,22,26)/t13-/m0/s1. The number of benzene rings is 2. The number of nitrogens with one attached hydrogen (secondary N) is 1. The van der Waals surface area contributed by atoms with Crippen molar-refractivity contribution in [2.24, 2.45) is 7.05 Å². The van der Waals surface area contributed by atoms with Crippen LogP contribution in [0.3, 0.4) is 0 Å². The number of non-ortho nitro benzene ring substituents is 1. The van der Waals surface area contributed by atoms with Crippen molar-refractivity contribution in [3.63, 3.8) is 0 Å². The number of amides is 1. The van der Waals surface area contributed by atoms with Crippen molar-refractivity contribution in [2.45, 2.75) is 12.3 Å². The van der Waals surface area contributed by atoms with Crippen molar-refractivity contribution in [3.05, 3.63) is 80.1 Å². The lowest BCUT2D eigenvalue weighted by Crippen LogP contribution is -2.35. The molecule has 0 saturated carbocycles. The molecular weight excluding hydrogens is 374 g/mol. The normalized spacial score (nSPS) is 16.0. The fraction of sp³-hybridized carbons (Fsp3) is 0.150. The van der Waals surface area contributed by atoms with E-state index in [2.05, 4.69) is 10.3 Å². The van der Waals surface area contributed by atoms with E-state index < -0.39 is 10.8 Å². The number of nitrogens with zero attached hydrogens (tertiary/aromatic N) is 4. The Morgan fingerprint density at radius 3 is 2.76 bits per heavy atom. The van der Waals surface area contributed by atoms with E-state index in [1.807, 2.05) is 24.3 Å². The first-order valence-corrected chi connectivity index (χ1v) is 9.00. The van der Waals surface area contributed by atoms with Crippen molar-refractivity contribution in [2.75, 3.05) is 5.32 Å². The fourth-order valence-electron chi connectivity index (χ4n) is 4.00. The van der Waals surface area contributed by atoms with Gasteiger partial charge in [0.15, 0.2) is 0 Å². The molecular formula is C20H15N5O4. The lowest BCUT2D eigenvalue weighted by atomic mass is 9.86. The summed E-state index contributed by atoms with van der Waals surface area (Å²) in [6.45, 7) is 0. The van der Waals surface area contributed by atoms with E-state index in [1.165, 1.54) is 16.7 Å². The molecule has 144 valence electrons. The number of hydrogen-bond donors (Lipinski definition) is 1. The number of carbonyl (C=O) groups is 1. The van der Waals surface area contributed by atoms with E-state index in [9.17, 15) is 19.7 Å². The molecule has 9 heteroatoms. The zero-order valence-corrected chi connectivity index (χ0v) is 15.3. The smallest absolute Gasteiger partial charge is 0.269 e. The van der Waals surface area contributed by atoms with Gasteiger partial charge >= 0.3 is 0 Å². The van der Waals surface area contributed by atoms with Crippen molar-refractivity contribution in [1.29, 1.82) is 0 Å². The number of para-hydroxylation sites is 2. The first kappa shape index (κ1) is 17.1. The summed E-state index contributed by atoms with van der Waals surface area (Å²) in [5, 5.41) is 14.0. The Kier molecular flexibility index (Phi) is 3.54. The maximum Gasteiger partial charge on any atom is 0.269 e. The molecule has 29 heavy (non-hydrogen) atoms. The molecule has 0 aliphatic carbocycles. The topological polar surface area (TPSA) is 112 Å². The summed E-state index contributed by atoms with van der Waals surface area (Å²) >= 11 is 0. The molecule has 1 N–H and O–H groups in total. The van der Waals surface area contributed by atoms with E-state index in [-0.39, 0.29) is 23.6 Å². The van der Waals surface area contributed by atoms with Crippen LogP contribution in [0.5, 0.6) is 0 Å². The highest BCUT2D eigenvalue weighted by Gasteiger charge is 2.33. The van der Waals surface area contributed by atoms with E-state index in [0.717, 1.165) is 5.52 Å². The number of rotatable bonds is 2. The summed E-state index contributed by atoms with van der Waals surface area (Å²) in [5.41, 5.74) is 2.02. The Balaban J connectivity index is 1.87. The summed E-state index contributed by atoms with van der Waals surface area (Å²) < 4.78 is 3.20. The number of aromatic nitrogens is 3. The van der Waals surface area contributed by atoms with E-state index in [0.29, 0.717) is 28.2 Å². The Bertz CT molecular complexity index is 1400. The maximum atomic E-state index is 13.2. The average Bonchev–Trinajstić information content (AvgIpc) is 3.11. The van der Waals surface area contributed by atoms with Gasteiger partial charge in [0.2, 0.25) is 11.7 Å². The lowest BCUT2D eigenvalue weighted by molar-refractivity contribution is -0.384. The molecule has 2 aromatic heterocycles. The van der Waals surface area contributed by atoms with Gasteiger partial charge in [-0.3, -0.25) is 28.7 Å². The second kappa shape index (κ2) is 5.99. The summed E-state index contributed by atoms with van der Waals surface area (Å²) in [6.07, 6.45) is 0.0293. The summed E-state index contributed by atoms with van der Waals surface area (Å²) in [7, 11) is 1.63. The third-order valence-corrected chi connectivity index (χ3v) is 5.34. The van der Waals surface area contributed by atoms with Crippen molar-refractivity contribution < 1.29 is 9.72 Å². The average molecular weight is 389 g/mol. The van der Waals surface area contributed by atoms with Gasteiger partial charge in [0.25, 0.3) is 11.2 Å². The largest absolute Gasteiger partial charge is 0.311 e. The second-order valence-corrected chi connectivity index (χ2v) is 7.02. The zero-order chi connectivity index (χ0) is 20.3. The number of carbonyl (C=O) groups excluding carboxylic acids is 1. The van der Waals surface area contributed by atoms with Crippen LogP contribution in [0.25, 0.3) is 16.8 Å². The quantitative estimate of drug-likeness (QED) is 0.418. The van der Waals surface area contributed by atoms with Crippen LogP contribution < -0.4 is 10.9 Å². The molecule has 5 rings (SSSR count). The number of aryl methyl sites for hydroxylation is 1. The Morgan fingerprint density at radius 2 is 1.97 bits per heavy atom. The molecule has 0 fully saturated rings. The highest BCUT2D eigenvalue weighted by Crippen LogP contribution is 2.37. The molecule has 0 radical (unpaired) electrons. The van der Waals surface area contributed by atoms with Crippen LogP contribution in [0.15, 0.2) is 53.3 Å². The molecule has 1 aliphatic rings. The Hall–Kier alpha value is -4.01. The maximum absolute atomic E-state index is 13.2. The predicted octanol–water partition coefficient (Wildman–Crippen LogP) is 2.57. The minimum absolute atomic E-state index is 0.0293. The highest BCUT2D eigenvalue weighted by atomic mass is 16.6. The molecule has 0 bridgehead atoms. The van der Waals surface area contributed by atoms with Crippen LogP contribution in [-0.4, -0.2) is 24.8 Å². The van der Waals surface area contributed by atoms with Gasteiger partial charge in [-0.25, -0.2) is 4.98 Å². The molecule has 0 saturated heterocycles. The number of nitro groups is 1. The first-order valence-electron chi connectivity index (χ1n) is 9.00. The highest BCUT2D eigenvalue weighted by molar-refractivity contribution is 5.96. The molecule has 9 nitrogen and oxygen atoms in total. The lowest BCUT2D eigenvalue weighted by Gasteiger charge is -2.26. The Morgan fingerprint density at radius 1 is 1.17 bits per heavy atom. The number of fused-ring (bicyclic) bond motifs is 5. The molecule has 1 aliphatic heterocycles. The van der Waals surface area contributed by atoms with E-state index >= 15 is 0 Å². The summed E-state index contributed by atoms with van der Waals surface area (Å²) in [6, 6.07) is 13.5. The number of imidazole rings is 1. The number of hydrogen-bond acceptors (Lipinski definition) is 5. The van der Waals surface area contributed by atoms with Gasteiger partial charge < -0.3 is 5.32 Å². The molecule has 1 amide bonds. The van der Waals surface area contributed by atoms with Gasteiger partial charge in [-0.2, -0.15) is 0 Å². The molecule has 3 heterocycles. The van der Waals surface area contributed by atoms with Crippen LogP contribution in [0, 0.1) is 10.1 Å². The van der Waals surface area contributed by atoms with Crippen LogP contribution in [0.2, 0.25) is 0 Å². The zero-order valence-electron chi connectivity index (χ0n) is 15.3. The summed E-state index contributed by atoms with van der Waals surface area (Å²) in [4.78, 5) is 41.0. The van der Waals surface area contributed by atoms with E-state index in [4.69, 9.17) is 0 Å². The SMILES string of the molecule is Cn1c(=O)c2c(n3c4ccccc4nc13)NC(=O)C[C@H]2c1cccc([N+](=O)[O-])c1. The monoisotopic (exact) mass is 389 g/mol. The second-order valence-electron chi connectivity index (χ2n) is 7.02. The first-order chi connectivity index (χ1) is 14.0. The van der Waals surface area contributed by atoms with Crippen LogP contribution in [-0.2, 0) is 11.8 Å². The van der Waals surface area contributed by atoms with Crippen molar-refractivity contribution in [1.82, 2.24) is 14.0 Å². The number of nitro benzene ring substituents is 1. The van der Waals surface area contributed by atoms with Gasteiger partial charge in [0.05, 0.1) is 21.5 Å². The van der Waals surface area contributed by atoms with E-state index in [1.54, 1.807) is 23.6 Å². The molecule has 2 aromatic carbocycles. The molecule has 1 atom stereocenters. The number of anilines is 1. The molecule has 4 aromatic rings. The molecule has 0 unspecified atom stereocenters. The third-order valence-electron chi connectivity index (χ3n) is 5.34. The fourth-order valence-corrected chi connectivity index (χ4v) is 4.00. The predicted molar refractivity (Wildman–Crippen MR) is 106 cm³/mol. The van der Waals surface area contributed by atoms with Crippen LogP contribution >= 0.6 is 0 Å². The van der Waals surface area contributed by atoms with Crippen molar-refractivity contribution >= 4 is 34.2 Å². The van der Waals surface area contributed by atoms with Gasteiger partial charge in [0, 0.05) is 31.5 Å². The summed E-state index contributed by atoms with van der Waals surface area (Å²) in [5.74, 6) is -0.0799. The van der Waals surface area contributed by atoms with Gasteiger partial charge in [-0.1, -0.05) is 24.3 Å². The van der Waals surface area contributed by atoms with Crippen LogP contribution in [0.1, 0.15) is 23.5 Å². The van der Waals surface area contributed by atoms with Gasteiger partial charge in [0.1, 0.15) is 5.82 Å². The molecule has 0 spiro atoms. The third kappa shape index (κ3) is 2.44. The van der Waals surface area contributed by atoms with Gasteiger partial charge in [-0.15, -0.1) is 0 Å². The minimum Gasteiger partial charge on any atom is -0.311 e. The Labute approximate surface area is 163 Å². The van der Waals surface area contributed by atoms with Crippen LogP contribution in [0.4, 0.5) is 11.5 Å². The minimum atomic E-state index is -0.595. The van der Waals surface area contributed by atoms with Crippen molar-refractivity contribution in [3.8, 4) is 0 Å². The van der Waals surface area contributed by atoms with Gasteiger partial charge in [-0.05, 0) is 17.7 Å².